The first-order valence-electron chi connectivity index (χ1n) is 6.24. The van der Waals surface area contributed by atoms with E-state index in [4.69, 9.17) is 5.73 Å². The maximum Gasteiger partial charge on any atom is 0.0207 e. The molecular formula is C13H21NS2. The number of nitrogens with two attached hydrogens (primary N) is 1. The molecular weight excluding hydrogens is 234 g/mol. The van der Waals surface area contributed by atoms with Crippen molar-refractivity contribution in [3.63, 3.8) is 0 Å². The highest BCUT2D eigenvalue weighted by atomic mass is 32.2. The summed E-state index contributed by atoms with van der Waals surface area (Å²) in [5.74, 6) is 1.31. The molecule has 2 unspecified atom stereocenters. The molecule has 0 spiro atoms. The van der Waals surface area contributed by atoms with Gasteiger partial charge in [0.15, 0.2) is 0 Å². The molecule has 90 valence electrons. The molecule has 1 aliphatic rings. The lowest BCUT2D eigenvalue weighted by Gasteiger charge is -2.26. The molecule has 1 fully saturated rings. The van der Waals surface area contributed by atoms with Crippen molar-refractivity contribution in [1.29, 1.82) is 0 Å². The van der Waals surface area contributed by atoms with E-state index < -0.39 is 0 Å². The lowest BCUT2D eigenvalue weighted by molar-refractivity contribution is 0.562. The molecule has 2 atom stereocenters. The third kappa shape index (κ3) is 3.25. The van der Waals surface area contributed by atoms with Crippen molar-refractivity contribution in [2.75, 3.05) is 5.75 Å². The van der Waals surface area contributed by atoms with Crippen molar-refractivity contribution in [2.24, 2.45) is 5.73 Å². The van der Waals surface area contributed by atoms with Crippen LogP contribution in [0.2, 0.25) is 0 Å². The zero-order valence-electron chi connectivity index (χ0n) is 9.95. The highest BCUT2D eigenvalue weighted by Gasteiger charge is 2.21. The van der Waals surface area contributed by atoms with Gasteiger partial charge in [0, 0.05) is 21.0 Å². The summed E-state index contributed by atoms with van der Waals surface area (Å²) in [5.41, 5.74) is 6.32. The number of aryl methyl sites for hydroxylation is 1. The van der Waals surface area contributed by atoms with Crippen LogP contribution in [0.4, 0.5) is 0 Å². The largest absolute Gasteiger partial charge is 0.326 e. The van der Waals surface area contributed by atoms with Gasteiger partial charge >= 0.3 is 0 Å². The van der Waals surface area contributed by atoms with E-state index in [1.807, 2.05) is 11.3 Å². The molecule has 1 aromatic rings. The summed E-state index contributed by atoms with van der Waals surface area (Å²) in [4.78, 5) is 2.95. The van der Waals surface area contributed by atoms with Gasteiger partial charge in [-0.15, -0.1) is 11.3 Å². The molecule has 2 heterocycles. The van der Waals surface area contributed by atoms with Crippen LogP contribution in [0.5, 0.6) is 0 Å². The van der Waals surface area contributed by atoms with E-state index in [0.717, 1.165) is 12.8 Å². The molecule has 0 radical (unpaired) electrons. The van der Waals surface area contributed by atoms with Gasteiger partial charge < -0.3 is 5.73 Å². The molecule has 1 aliphatic heterocycles. The van der Waals surface area contributed by atoms with Crippen molar-refractivity contribution in [2.45, 2.75) is 50.3 Å². The quantitative estimate of drug-likeness (QED) is 0.891. The third-order valence-electron chi connectivity index (χ3n) is 3.20. The van der Waals surface area contributed by atoms with Crippen LogP contribution in [-0.2, 0) is 12.8 Å². The Morgan fingerprint density at radius 3 is 2.81 bits per heavy atom. The van der Waals surface area contributed by atoms with E-state index in [-0.39, 0.29) is 0 Å². The highest BCUT2D eigenvalue weighted by molar-refractivity contribution is 8.00. The van der Waals surface area contributed by atoms with Crippen molar-refractivity contribution in [3.05, 3.63) is 21.9 Å². The summed E-state index contributed by atoms with van der Waals surface area (Å²) in [6.45, 7) is 2.21. The van der Waals surface area contributed by atoms with Crippen LogP contribution in [-0.4, -0.2) is 17.0 Å². The van der Waals surface area contributed by atoms with E-state index in [2.05, 4.69) is 30.8 Å². The van der Waals surface area contributed by atoms with Gasteiger partial charge in [-0.2, -0.15) is 11.8 Å². The Morgan fingerprint density at radius 2 is 2.19 bits per heavy atom. The van der Waals surface area contributed by atoms with Gasteiger partial charge in [0.05, 0.1) is 0 Å². The predicted octanol–water partition coefficient (Wildman–Crippen LogP) is 3.47. The minimum absolute atomic E-state index is 0.355. The highest BCUT2D eigenvalue weighted by Crippen LogP contribution is 2.29. The first-order chi connectivity index (χ1) is 7.79. The molecule has 0 saturated carbocycles. The van der Waals surface area contributed by atoms with Crippen molar-refractivity contribution < 1.29 is 0 Å². The van der Waals surface area contributed by atoms with E-state index >= 15 is 0 Å². The Hall–Kier alpha value is 0.01000. The van der Waals surface area contributed by atoms with Gasteiger partial charge in [-0.05, 0) is 43.6 Å². The maximum atomic E-state index is 6.32. The molecule has 0 amide bonds. The molecule has 1 nitrogen and oxygen atoms in total. The maximum absolute atomic E-state index is 6.32. The van der Waals surface area contributed by atoms with Crippen LogP contribution in [0.1, 0.15) is 35.9 Å². The minimum Gasteiger partial charge on any atom is -0.326 e. The average Bonchev–Trinajstić information content (AvgIpc) is 2.78. The average molecular weight is 255 g/mol. The monoisotopic (exact) mass is 255 g/mol. The molecule has 1 saturated heterocycles. The summed E-state index contributed by atoms with van der Waals surface area (Å²) in [7, 11) is 0. The fourth-order valence-electron chi connectivity index (χ4n) is 2.19. The third-order valence-corrected chi connectivity index (χ3v) is 5.98. The van der Waals surface area contributed by atoms with E-state index in [0.29, 0.717) is 11.3 Å². The standard InChI is InChI=1S/C13H21NS2/c1-2-10-6-7-11(16-10)9-12(14)13-5-3-4-8-15-13/h6-7,12-13H,2-5,8-9,14H2,1H3. The Kier molecular flexibility index (Phi) is 4.74. The molecule has 0 aromatic carbocycles. The minimum atomic E-state index is 0.355. The summed E-state index contributed by atoms with van der Waals surface area (Å²) in [6, 6.07) is 4.87. The van der Waals surface area contributed by atoms with Gasteiger partial charge in [-0.25, -0.2) is 0 Å². The first kappa shape index (κ1) is 12.5. The number of thioether (sulfide) groups is 1. The number of hydrogen-bond acceptors (Lipinski definition) is 3. The second-order valence-corrected chi connectivity index (χ2v) is 7.09. The van der Waals surface area contributed by atoms with Gasteiger partial charge in [0.25, 0.3) is 0 Å². The second-order valence-electron chi connectivity index (χ2n) is 4.49. The van der Waals surface area contributed by atoms with Crippen LogP contribution in [0.25, 0.3) is 0 Å². The summed E-state index contributed by atoms with van der Waals surface area (Å²) >= 11 is 4.02. The Labute approximate surface area is 107 Å². The van der Waals surface area contributed by atoms with Gasteiger partial charge in [-0.1, -0.05) is 13.3 Å². The smallest absolute Gasteiger partial charge is 0.0207 e. The normalized spacial score (nSPS) is 23.2. The van der Waals surface area contributed by atoms with Crippen LogP contribution in [0.15, 0.2) is 12.1 Å². The Balaban J connectivity index is 1.87. The van der Waals surface area contributed by atoms with Gasteiger partial charge in [0.1, 0.15) is 0 Å². The van der Waals surface area contributed by atoms with Crippen molar-refractivity contribution in [1.82, 2.24) is 0 Å². The zero-order valence-corrected chi connectivity index (χ0v) is 11.6. The van der Waals surface area contributed by atoms with E-state index in [9.17, 15) is 0 Å². The SMILES string of the molecule is CCc1ccc(CC(N)C2CCCCS2)s1. The molecule has 1 aromatic heterocycles. The predicted molar refractivity (Wildman–Crippen MR) is 75.5 cm³/mol. The van der Waals surface area contributed by atoms with E-state index in [1.165, 1.54) is 34.8 Å². The van der Waals surface area contributed by atoms with Crippen LogP contribution >= 0.6 is 23.1 Å². The van der Waals surface area contributed by atoms with Crippen molar-refractivity contribution >= 4 is 23.1 Å². The molecule has 0 aliphatic carbocycles. The van der Waals surface area contributed by atoms with Crippen molar-refractivity contribution in [3.8, 4) is 0 Å². The second kappa shape index (κ2) is 6.08. The summed E-state index contributed by atoms with van der Waals surface area (Å²) < 4.78 is 0. The Bertz CT molecular complexity index is 315. The number of thiophene rings is 1. The first-order valence-corrected chi connectivity index (χ1v) is 8.11. The molecule has 0 bridgehead atoms. The van der Waals surface area contributed by atoms with Crippen LogP contribution < -0.4 is 5.73 Å². The lowest BCUT2D eigenvalue weighted by Crippen LogP contribution is -2.35. The molecule has 16 heavy (non-hydrogen) atoms. The number of rotatable bonds is 4. The van der Waals surface area contributed by atoms with Gasteiger partial charge in [-0.3, -0.25) is 0 Å². The fraction of sp³-hybridized carbons (Fsp3) is 0.692. The fourth-order valence-corrected chi connectivity index (χ4v) is 4.57. The lowest BCUT2D eigenvalue weighted by atomic mass is 10.0. The topological polar surface area (TPSA) is 26.0 Å². The molecule has 3 heteroatoms. The number of hydrogen-bond donors (Lipinski definition) is 1. The van der Waals surface area contributed by atoms with Crippen LogP contribution in [0.3, 0.4) is 0 Å². The molecule has 2 N–H and O–H groups in total. The summed E-state index contributed by atoms with van der Waals surface area (Å²) in [6.07, 6.45) is 6.29. The van der Waals surface area contributed by atoms with Crippen LogP contribution in [0, 0.1) is 0 Å². The van der Waals surface area contributed by atoms with E-state index in [1.54, 1.807) is 0 Å². The Morgan fingerprint density at radius 1 is 1.38 bits per heavy atom. The zero-order chi connectivity index (χ0) is 11.4. The van der Waals surface area contributed by atoms with Gasteiger partial charge in [0.2, 0.25) is 0 Å². The summed E-state index contributed by atoms with van der Waals surface area (Å²) in [5, 5.41) is 0.695. The molecule has 2 rings (SSSR count).